The van der Waals surface area contributed by atoms with Crippen LogP contribution in [0.1, 0.15) is 17.7 Å². The molecule has 1 aromatic heterocycles. The van der Waals surface area contributed by atoms with Crippen molar-refractivity contribution >= 4 is 5.82 Å². The number of anilines is 1. The number of hydrogen-bond donors (Lipinski definition) is 2. The number of nitrogens with zero attached hydrogens (tertiary/aromatic N) is 2. The third-order valence-electron chi connectivity index (χ3n) is 3.09. The number of aromatic hydroxyl groups is 1. The van der Waals surface area contributed by atoms with Crippen LogP contribution in [-0.4, -0.2) is 15.1 Å². The van der Waals surface area contributed by atoms with Gasteiger partial charge in [0.05, 0.1) is 0 Å². The van der Waals surface area contributed by atoms with Gasteiger partial charge in [0.1, 0.15) is 11.6 Å². The number of phenolic OH excluding ortho intramolecular Hbond substituents is 1. The maximum atomic E-state index is 9.25. The number of fused-ring (bicyclic) bond motifs is 1. The van der Waals surface area contributed by atoms with E-state index in [-0.39, 0.29) is 5.75 Å². The summed E-state index contributed by atoms with van der Waals surface area (Å²) in [4.78, 5) is 8.87. The highest BCUT2D eigenvalue weighted by atomic mass is 16.3. The van der Waals surface area contributed by atoms with E-state index >= 15 is 0 Å². The number of hydrogen-bond acceptors (Lipinski definition) is 4. The van der Waals surface area contributed by atoms with Gasteiger partial charge >= 0.3 is 0 Å². The zero-order chi connectivity index (χ0) is 11.8. The van der Waals surface area contributed by atoms with Gasteiger partial charge in [0, 0.05) is 16.8 Å². The molecule has 1 aliphatic rings. The summed E-state index contributed by atoms with van der Waals surface area (Å²) in [6.07, 6.45) is 3.07. The summed E-state index contributed by atoms with van der Waals surface area (Å²) >= 11 is 0. The zero-order valence-electron chi connectivity index (χ0n) is 9.35. The van der Waals surface area contributed by atoms with E-state index in [2.05, 4.69) is 9.97 Å². The number of benzene rings is 1. The van der Waals surface area contributed by atoms with Gasteiger partial charge in [-0.25, -0.2) is 9.97 Å². The molecule has 1 aliphatic carbocycles. The van der Waals surface area contributed by atoms with Crippen LogP contribution in [0.5, 0.6) is 5.75 Å². The first-order valence-corrected chi connectivity index (χ1v) is 5.69. The highest BCUT2D eigenvalue weighted by molar-refractivity contribution is 5.60. The minimum Gasteiger partial charge on any atom is -0.508 e. The van der Waals surface area contributed by atoms with E-state index < -0.39 is 0 Å². The lowest BCUT2D eigenvalue weighted by Gasteiger charge is -2.06. The average molecular weight is 227 g/mol. The largest absolute Gasteiger partial charge is 0.508 e. The fraction of sp³-hybridized carbons (Fsp3) is 0.231. The molecule has 1 heterocycles. The maximum Gasteiger partial charge on any atom is 0.161 e. The van der Waals surface area contributed by atoms with Crippen LogP contribution in [-0.2, 0) is 12.8 Å². The van der Waals surface area contributed by atoms with Crippen LogP contribution < -0.4 is 5.73 Å². The molecular weight excluding hydrogens is 214 g/mol. The van der Waals surface area contributed by atoms with Crippen molar-refractivity contribution in [1.29, 1.82) is 0 Å². The van der Waals surface area contributed by atoms with E-state index in [0.717, 1.165) is 36.1 Å². The van der Waals surface area contributed by atoms with E-state index in [9.17, 15) is 5.11 Å². The summed E-state index contributed by atoms with van der Waals surface area (Å²) in [7, 11) is 0. The van der Waals surface area contributed by atoms with E-state index in [1.165, 1.54) is 0 Å². The van der Waals surface area contributed by atoms with Crippen LogP contribution in [0.4, 0.5) is 5.82 Å². The molecule has 86 valence electrons. The normalized spacial score (nSPS) is 13.6. The van der Waals surface area contributed by atoms with Crippen molar-refractivity contribution < 1.29 is 5.11 Å². The summed E-state index contributed by atoms with van der Waals surface area (Å²) in [6.45, 7) is 0. The molecule has 0 amide bonds. The van der Waals surface area contributed by atoms with Crippen LogP contribution in [0, 0.1) is 0 Å². The summed E-state index contributed by atoms with van der Waals surface area (Å²) < 4.78 is 0. The number of aryl methyl sites for hydroxylation is 1. The lowest BCUT2D eigenvalue weighted by molar-refractivity contribution is 0.475. The second kappa shape index (κ2) is 3.73. The predicted molar refractivity (Wildman–Crippen MR) is 65.6 cm³/mol. The van der Waals surface area contributed by atoms with Gasteiger partial charge in [-0.15, -0.1) is 0 Å². The minimum atomic E-state index is 0.239. The lowest BCUT2D eigenvalue weighted by atomic mass is 10.2. The number of nitrogen functional groups attached to an aromatic ring is 1. The van der Waals surface area contributed by atoms with Crippen molar-refractivity contribution in [3.05, 3.63) is 35.5 Å². The minimum absolute atomic E-state index is 0.239. The van der Waals surface area contributed by atoms with Gasteiger partial charge < -0.3 is 10.8 Å². The SMILES string of the molecule is Nc1nc(-c2ccc(O)cc2)nc2c1CCC2. The van der Waals surface area contributed by atoms with Gasteiger partial charge in [-0.2, -0.15) is 0 Å². The number of phenols is 1. The molecule has 0 bridgehead atoms. The van der Waals surface area contributed by atoms with Crippen molar-refractivity contribution in [3.63, 3.8) is 0 Å². The van der Waals surface area contributed by atoms with E-state index in [0.29, 0.717) is 11.6 Å². The van der Waals surface area contributed by atoms with Crippen molar-refractivity contribution in [2.45, 2.75) is 19.3 Å². The predicted octanol–water partition coefficient (Wildman–Crippen LogP) is 1.92. The number of rotatable bonds is 1. The van der Waals surface area contributed by atoms with Crippen molar-refractivity contribution in [2.24, 2.45) is 0 Å². The van der Waals surface area contributed by atoms with Crippen LogP contribution in [0.15, 0.2) is 24.3 Å². The molecule has 0 aliphatic heterocycles. The van der Waals surface area contributed by atoms with Gasteiger partial charge in [0.2, 0.25) is 0 Å². The topological polar surface area (TPSA) is 72.0 Å². The molecular formula is C13H13N3O. The van der Waals surface area contributed by atoms with E-state index in [1.54, 1.807) is 24.3 Å². The van der Waals surface area contributed by atoms with Gasteiger partial charge in [-0.1, -0.05) is 0 Å². The second-order valence-electron chi connectivity index (χ2n) is 4.26. The summed E-state index contributed by atoms with van der Waals surface area (Å²) in [5.74, 6) is 1.47. The molecule has 4 nitrogen and oxygen atoms in total. The monoisotopic (exact) mass is 227 g/mol. The third kappa shape index (κ3) is 1.71. The molecule has 1 aromatic carbocycles. The highest BCUT2D eigenvalue weighted by Crippen LogP contribution is 2.27. The number of aromatic nitrogens is 2. The molecule has 0 radical (unpaired) electrons. The molecule has 3 N–H and O–H groups in total. The molecule has 3 rings (SSSR count). The molecule has 4 heteroatoms. The summed E-state index contributed by atoms with van der Waals surface area (Å²) in [6, 6.07) is 6.85. The molecule has 0 unspecified atom stereocenters. The molecule has 0 saturated carbocycles. The Hall–Kier alpha value is -2.10. The average Bonchev–Trinajstić information content (AvgIpc) is 2.78. The zero-order valence-corrected chi connectivity index (χ0v) is 9.35. The van der Waals surface area contributed by atoms with E-state index in [1.807, 2.05) is 0 Å². The molecule has 0 spiro atoms. The Balaban J connectivity index is 2.10. The van der Waals surface area contributed by atoms with Crippen LogP contribution >= 0.6 is 0 Å². The Morgan fingerprint density at radius 2 is 1.82 bits per heavy atom. The lowest BCUT2D eigenvalue weighted by Crippen LogP contribution is -2.02. The maximum absolute atomic E-state index is 9.25. The Kier molecular flexibility index (Phi) is 2.21. The Labute approximate surface area is 99.2 Å². The van der Waals surface area contributed by atoms with Crippen molar-refractivity contribution in [2.75, 3.05) is 5.73 Å². The van der Waals surface area contributed by atoms with Gasteiger partial charge in [0.15, 0.2) is 5.82 Å². The van der Waals surface area contributed by atoms with Gasteiger partial charge in [0.25, 0.3) is 0 Å². The Morgan fingerprint density at radius 3 is 2.59 bits per heavy atom. The van der Waals surface area contributed by atoms with Crippen LogP contribution in [0.2, 0.25) is 0 Å². The first-order chi connectivity index (χ1) is 8.24. The summed E-state index contributed by atoms with van der Waals surface area (Å²) in [5.41, 5.74) is 8.99. The fourth-order valence-electron chi connectivity index (χ4n) is 2.20. The van der Waals surface area contributed by atoms with E-state index in [4.69, 9.17) is 5.73 Å². The third-order valence-corrected chi connectivity index (χ3v) is 3.09. The van der Waals surface area contributed by atoms with Gasteiger partial charge in [-0.3, -0.25) is 0 Å². The Bertz CT molecular complexity index is 564. The van der Waals surface area contributed by atoms with Gasteiger partial charge in [-0.05, 0) is 43.5 Å². The van der Waals surface area contributed by atoms with Crippen LogP contribution in [0.3, 0.4) is 0 Å². The fourth-order valence-corrected chi connectivity index (χ4v) is 2.20. The quantitative estimate of drug-likeness (QED) is 0.780. The second-order valence-corrected chi connectivity index (χ2v) is 4.26. The Morgan fingerprint density at radius 1 is 1.06 bits per heavy atom. The highest BCUT2D eigenvalue weighted by Gasteiger charge is 2.18. The molecule has 0 atom stereocenters. The van der Waals surface area contributed by atoms with Crippen LogP contribution in [0.25, 0.3) is 11.4 Å². The molecule has 0 fully saturated rings. The standard InChI is InChI=1S/C13H13N3O/c14-12-10-2-1-3-11(10)15-13(16-12)8-4-6-9(17)7-5-8/h4-7,17H,1-3H2,(H2,14,15,16). The molecule has 0 saturated heterocycles. The molecule has 17 heavy (non-hydrogen) atoms. The first-order valence-electron chi connectivity index (χ1n) is 5.69. The van der Waals surface area contributed by atoms with Crippen molar-refractivity contribution in [1.82, 2.24) is 9.97 Å². The van der Waals surface area contributed by atoms with Crippen molar-refractivity contribution in [3.8, 4) is 17.1 Å². The number of nitrogens with two attached hydrogens (primary N) is 1. The molecule has 2 aromatic rings. The summed E-state index contributed by atoms with van der Waals surface area (Å²) in [5, 5.41) is 9.25. The first kappa shape index (κ1) is 10.1. The smallest absolute Gasteiger partial charge is 0.161 e.